The zero-order valence-electron chi connectivity index (χ0n) is 14.8. The van der Waals surface area contributed by atoms with Crippen LogP contribution < -0.4 is 0 Å². The van der Waals surface area contributed by atoms with E-state index < -0.39 is 17.9 Å². The number of rotatable bonds is 5. The third kappa shape index (κ3) is 3.29. The highest BCUT2D eigenvalue weighted by atomic mass is 16.4. The molecule has 0 saturated carbocycles. The van der Waals surface area contributed by atoms with Gasteiger partial charge in [-0.1, -0.05) is 23.8 Å². The lowest BCUT2D eigenvalue weighted by Gasteiger charge is -2.26. The molecule has 1 N–H and O–H groups in total. The summed E-state index contributed by atoms with van der Waals surface area (Å²) >= 11 is 0. The molecule has 1 aliphatic rings. The molecule has 1 fully saturated rings. The molecule has 1 aromatic heterocycles. The van der Waals surface area contributed by atoms with Crippen LogP contribution in [0.1, 0.15) is 35.0 Å². The SMILES string of the molecule is Cc1ccc(CCN2C(=O)C[C@@H](C(=O)O)[C@H]2c2nccn2C)c(C)c1. The number of imidazole rings is 1. The van der Waals surface area contributed by atoms with E-state index >= 15 is 0 Å². The van der Waals surface area contributed by atoms with E-state index in [-0.39, 0.29) is 12.3 Å². The van der Waals surface area contributed by atoms with Crippen LogP contribution in [0.5, 0.6) is 0 Å². The molecule has 0 radical (unpaired) electrons. The maximum absolute atomic E-state index is 12.5. The summed E-state index contributed by atoms with van der Waals surface area (Å²) in [6.45, 7) is 4.60. The van der Waals surface area contributed by atoms with Crippen molar-refractivity contribution in [3.8, 4) is 0 Å². The van der Waals surface area contributed by atoms with Gasteiger partial charge in [-0.15, -0.1) is 0 Å². The summed E-state index contributed by atoms with van der Waals surface area (Å²) in [7, 11) is 1.83. The minimum Gasteiger partial charge on any atom is -0.481 e. The number of hydrogen-bond donors (Lipinski definition) is 1. The molecule has 0 spiro atoms. The van der Waals surface area contributed by atoms with Crippen LogP contribution in [-0.4, -0.2) is 38.0 Å². The lowest BCUT2D eigenvalue weighted by molar-refractivity contribution is -0.142. The summed E-state index contributed by atoms with van der Waals surface area (Å²) in [5.41, 5.74) is 3.57. The van der Waals surface area contributed by atoms with Crippen molar-refractivity contribution in [3.05, 3.63) is 53.1 Å². The van der Waals surface area contributed by atoms with Gasteiger partial charge in [0.1, 0.15) is 11.9 Å². The van der Waals surface area contributed by atoms with E-state index in [0.717, 1.165) is 0 Å². The van der Waals surface area contributed by atoms with Crippen molar-refractivity contribution in [2.75, 3.05) is 6.54 Å². The van der Waals surface area contributed by atoms with E-state index in [0.29, 0.717) is 18.8 Å². The lowest BCUT2D eigenvalue weighted by atomic mass is 9.99. The summed E-state index contributed by atoms with van der Waals surface area (Å²) in [6, 6.07) is 5.74. The Morgan fingerprint density at radius 3 is 2.72 bits per heavy atom. The maximum Gasteiger partial charge on any atom is 0.309 e. The number of amides is 1. The first-order chi connectivity index (χ1) is 11.9. The minimum atomic E-state index is -0.949. The number of benzene rings is 1. The predicted molar refractivity (Wildman–Crippen MR) is 93.0 cm³/mol. The van der Waals surface area contributed by atoms with Gasteiger partial charge in [0.15, 0.2) is 0 Å². The Morgan fingerprint density at radius 2 is 2.12 bits per heavy atom. The number of carboxylic acids is 1. The Morgan fingerprint density at radius 1 is 1.36 bits per heavy atom. The van der Waals surface area contributed by atoms with E-state index in [2.05, 4.69) is 37.0 Å². The first kappa shape index (κ1) is 17.2. The van der Waals surface area contributed by atoms with Crippen LogP contribution in [0.4, 0.5) is 0 Å². The van der Waals surface area contributed by atoms with Crippen LogP contribution >= 0.6 is 0 Å². The molecule has 132 valence electrons. The fourth-order valence-corrected chi connectivity index (χ4v) is 3.62. The number of likely N-dealkylation sites (tertiary alicyclic amines) is 1. The lowest BCUT2D eigenvalue weighted by Crippen LogP contribution is -2.34. The van der Waals surface area contributed by atoms with Gasteiger partial charge in [-0.2, -0.15) is 0 Å². The quantitative estimate of drug-likeness (QED) is 0.905. The monoisotopic (exact) mass is 341 g/mol. The van der Waals surface area contributed by atoms with Crippen LogP contribution in [0.15, 0.2) is 30.6 Å². The topological polar surface area (TPSA) is 75.4 Å². The van der Waals surface area contributed by atoms with E-state index in [1.807, 2.05) is 7.05 Å². The Bertz CT molecular complexity index is 812. The third-order valence-corrected chi connectivity index (χ3v) is 4.99. The van der Waals surface area contributed by atoms with Crippen molar-refractivity contribution >= 4 is 11.9 Å². The number of aryl methyl sites for hydroxylation is 3. The highest BCUT2D eigenvalue weighted by molar-refractivity contribution is 5.87. The Hall–Kier alpha value is -2.63. The molecule has 6 heteroatoms. The van der Waals surface area contributed by atoms with E-state index in [9.17, 15) is 14.7 Å². The van der Waals surface area contributed by atoms with Crippen molar-refractivity contribution in [1.82, 2.24) is 14.5 Å². The van der Waals surface area contributed by atoms with Crippen LogP contribution in [-0.2, 0) is 23.1 Å². The largest absolute Gasteiger partial charge is 0.481 e. The second-order valence-corrected chi connectivity index (χ2v) is 6.76. The van der Waals surface area contributed by atoms with Crippen molar-refractivity contribution in [2.45, 2.75) is 32.7 Å². The van der Waals surface area contributed by atoms with Gasteiger partial charge in [-0.25, -0.2) is 4.98 Å². The van der Waals surface area contributed by atoms with E-state index in [4.69, 9.17) is 0 Å². The van der Waals surface area contributed by atoms with Gasteiger partial charge in [0.05, 0.1) is 5.92 Å². The molecular formula is C19H23N3O3. The number of aromatic nitrogens is 2. The van der Waals surface area contributed by atoms with Crippen molar-refractivity contribution in [3.63, 3.8) is 0 Å². The third-order valence-electron chi connectivity index (χ3n) is 4.99. The zero-order valence-corrected chi connectivity index (χ0v) is 14.8. The van der Waals surface area contributed by atoms with Crippen molar-refractivity contribution < 1.29 is 14.7 Å². The molecule has 3 rings (SSSR count). The molecule has 0 unspecified atom stereocenters. The van der Waals surface area contributed by atoms with Gasteiger partial charge < -0.3 is 14.6 Å². The molecule has 2 atom stereocenters. The standard InChI is InChI=1S/C19H23N3O3/c1-12-4-5-14(13(2)10-12)6-8-22-16(23)11-15(19(24)25)17(22)18-20-7-9-21(18)3/h4-5,7,9-10,15,17H,6,8,11H2,1-3H3,(H,24,25)/t15-,17+/m1/s1. The summed E-state index contributed by atoms with van der Waals surface area (Å²) in [5, 5.41) is 9.55. The summed E-state index contributed by atoms with van der Waals surface area (Å²) in [6.07, 6.45) is 4.14. The predicted octanol–water partition coefficient (Wildman–Crippen LogP) is 2.25. The first-order valence-electron chi connectivity index (χ1n) is 8.44. The number of aliphatic carboxylic acids is 1. The van der Waals surface area contributed by atoms with Crippen LogP contribution in [0.25, 0.3) is 0 Å². The van der Waals surface area contributed by atoms with Gasteiger partial charge in [-0.3, -0.25) is 9.59 Å². The van der Waals surface area contributed by atoms with Gasteiger partial charge in [0.25, 0.3) is 0 Å². The number of carboxylic acid groups (broad SMARTS) is 1. The maximum atomic E-state index is 12.5. The highest BCUT2D eigenvalue weighted by Crippen LogP contribution is 2.37. The second-order valence-electron chi connectivity index (χ2n) is 6.76. The zero-order chi connectivity index (χ0) is 18.1. The van der Waals surface area contributed by atoms with Gasteiger partial charge >= 0.3 is 5.97 Å². The molecule has 1 saturated heterocycles. The number of carbonyl (C=O) groups excluding carboxylic acids is 1. The molecular weight excluding hydrogens is 318 g/mol. The van der Waals surface area contributed by atoms with Crippen molar-refractivity contribution in [2.24, 2.45) is 13.0 Å². The molecule has 0 aliphatic carbocycles. The van der Waals surface area contributed by atoms with E-state index in [1.54, 1.807) is 21.9 Å². The average molecular weight is 341 g/mol. The Balaban J connectivity index is 1.86. The Labute approximate surface area is 147 Å². The normalized spacial score (nSPS) is 20.3. The fraction of sp³-hybridized carbons (Fsp3) is 0.421. The number of nitrogens with zero attached hydrogens (tertiary/aromatic N) is 3. The van der Waals surface area contributed by atoms with Crippen LogP contribution in [0, 0.1) is 19.8 Å². The smallest absolute Gasteiger partial charge is 0.309 e. The molecule has 1 aliphatic heterocycles. The summed E-state index contributed by atoms with van der Waals surface area (Å²) in [5.74, 6) is -1.20. The number of carbonyl (C=O) groups is 2. The highest BCUT2D eigenvalue weighted by Gasteiger charge is 2.46. The van der Waals surface area contributed by atoms with Gasteiger partial charge in [-0.05, 0) is 31.4 Å². The van der Waals surface area contributed by atoms with Crippen LogP contribution in [0.2, 0.25) is 0 Å². The van der Waals surface area contributed by atoms with Crippen molar-refractivity contribution in [1.29, 1.82) is 0 Å². The second kappa shape index (κ2) is 6.70. The first-order valence-corrected chi connectivity index (χ1v) is 8.44. The average Bonchev–Trinajstić information content (AvgIpc) is 3.10. The molecule has 0 bridgehead atoms. The van der Waals surface area contributed by atoms with E-state index in [1.165, 1.54) is 16.7 Å². The fourth-order valence-electron chi connectivity index (χ4n) is 3.62. The summed E-state index contributed by atoms with van der Waals surface area (Å²) in [4.78, 5) is 30.1. The molecule has 6 nitrogen and oxygen atoms in total. The Kier molecular flexibility index (Phi) is 4.61. The minimum absolute atomic E-state index is 0.0275. The van der Waals surface area contributed by atoms with Gasteiger partial charge in [0, 0.05) is 32.4 Å². The number of hydrogen-bond acceptors (Lipinski definition) is 3. The van der Waals surface area contributed by atoms with Crippen LogP contribution in [0.3, 0.4) is 0 Å². The van der Waals surface area contributed by atoms with Gasteiger partial charge in [0.2, 0.25) is 5.91 Å². The molecule has 1 amide bonds. The summed E-state index contributed by atoms with van der Waals surface area (Å²) < 4.78 is 1.79. The molecule has 25 heavy (non-hydrogen) atoms. The molecule has 2 aromatic rings. The molecule has 2 heterocycles. The molecule has 1 aromatic carbocycles.